The number of halogens is 1. The molecule has 2 heterocycles. The van der Waals surface area contributed by atoms with Crippen molar-refractivity contribution in [3.63, 3.8) is 0 Å². The van der Waals surface area contributed by atoms with Gasteiger partial charge in [0.2, 0.25) is 0 Å². The molecule has 0 aromatic carbocycles. The lowest BCUT2D eigenvalue weighted by atomic mass is 10.2. The minimum absolute atomic E-state index is 0.0975. The minimum Gasteiger partial charge on any atom is -0.476 e. The van der Waals surface area contributed by atoms with E-state index in [2.05, 4.69) is 9.97 Å². The van der Waals surface area contributed by atoms with Gasteiger partial charge in [0.1, 0.15) is 12.5 Å². The van der Waals surface area contributed by atoms with Crippen LogP contribution in [0.25, 0.3) is 0 Å². The van der Waals surface area contributed by atoms with E-state index < -0.39 is 12.6 Å². The maximum absolute atomic E-state index is 12.7. The van der Waals surface area contributed by atoms with Crippen LogP contribution in [0.2, 0.25) is 0 Å². The van der Waals surface area contributed by atoms with Crippen LogP contribution in [0, 0.1) is 0 Å². The van der Waals surface area contributed by atoms with Gasteiger partial charge < -0.3 is 10.0 Å². The Morgan fingerprint density at radius 1 is 1.56 bits per heavy atom. The van der Waals surface area contributed by atoms with Gasteiger partial charge in [-0.05, 0) is 12.8 Å². The van der Waals surface area contributed by atoms with Crippen LogP contribution in [0.1, 0.15) is 23.3 Å². The SMILES string of the molecule is O=C(O)c1cnc(N2CCCC2CF)cn1. The Morgan fingerprint density at radius 2 is 2.38 bits per heavy atom. The predicted octanol–water partition coefficient (Wildman–Crippen LogP) is 1.11. The molecule has 1 aromatic rings. The first-order chi connectivity index (χ1) is 7.72. The lowest BCUT2D eigenvalue weighted by molar-refractivity contribution is 0.0690. The summed E-state index contributed by atoms with van der Waals surface area (Å²) >= 11 is 0. The van der Waals surface area contributed by atoms with Gasteiger partial charge >= 0.3 is 5.97 Å². The average Bonchev–Trinajstić information content (AvgIpc) is 2.77. The summed E-state index contributed by atoms with van der Waals surface area (Å²) in [6, 6.07) is -0.148. The van der Waals surface area contributed by atoms with Gasteiger partial charge in [-0.2, -0.15) is 0 Å². The molecule has 2 rings (SSSR count). The smallest absolute Gasteiger partial charge is 0.356 e. The van der Waals surface area contributed by atoms with Gasteiger partial charge in [0, 0.05) is 6.54 Å². The lowest BCUT2D eigenvalue weighted by Crippen LogP contribution is -2.31. The van der Waals surface area contributed by atoms with Gasteiger partial charge in [-0.3, -0.25) is 0 Å². The van der Waals surface area contributed by atoms with Gasteiger partial charge in [-0.25, -0.2) is 19.2 Å². The average molecular weight is 225 g/mol. The molecule has 1 saturated heterocycles. The zero-order valence-corrected chi connectivity index (χ0v) is 8.64. The molecule has 1 fully saturated rings. The molecule has 6 heteroatoms. The largest absolute Gasteiger partial charge is 0.476 e. The van der Waals surface area contributed by atoms with Gasteiger partial charge in [0.25, 0.3) is 0 Å². The second kappa shape index (κ2) is 4.42. The van der Waals surface area contributed by atoms with Crippen LogP contribution < -0.4 is 4.90 Å². The van der Waals surface area contributed by atoms with E-state index in [9.17, 15) is 9.18 Å². The summed E-state index contributed by atoms with van der Waals surface area (Å²) in [6.45, 7) is 0.331. The summed E-state index contributed by atoms with van der Waals surface area (Å²) in [6.07, 6.45) is 4.32. The van der Waals surface area contributed by atoms with Crippen molar-refractivity contribution in [3.05, 3.63) is 18.1 Å². The number of carbonyl (C=O) groups is 1. The van der Waals surface area contributed by atoms with E-state index in [-0.39, 0.29) is 11.7 Å². The molecule has 1 unspecified atom stereocenters. The molecule has 1 atom stereocenters. The van der Waals surface area contributed by atoms with Gasteiger partial charge in [-0.15, -0.1) is 0 Å². The van der Waals surface area contributed by atoms with E-state index in [1.807, 2.05) is 4.90 Å². The van der Waals surface area contributed by atoms with Crippen molar-refractivity contribution in [1.29, 1.82) is 0 Å². The summed E-state index contributed by atoms with van der Waals surface area (Å²) in [4.78, 5) is 20.2. The molecular formula is C10H12FN3O2. The molecule has 0 bridgehead atoms. The van der Waals surface area contributed by atoms with E-state index >= 15 is 0 Å². The summed E-state index contributed by atoms with van der Waals surface area (Å²) in [5, 5.41) is 8.66. The number of aromatic nitrogens is 2. The van der Waals surface area contributed by atoms with Crippen molar-refractivity contribution in [2.24, 2.45) is 0 Å². The Kier molecular flexibility index (Phi) is 2.98. The highest BCUT2D eigenvalue weighted by Crippen LogP contribution is 2.23. The quantitative estimate of drug-likeness (QED) is 0.834. The number of anilines is 1. The van der Waals surface area contributed by atoms with Crippen LogP contribution in [0.5, 0.6) is 0 Å². The first-order valence-corrected chi connectivity index (χ1v) is 5.10. The van der Waals surface area contributed by atoms with E-state index in [0.717, 1.165) is 19.4 Å². The third-order valence-corrected chi connectivity index (χ3v) is 2.71. The minimum atomic E-state index is -1.11. The monoisotopic (exact) mass is 225 g/mol. The summed E-state index contributed by atoms with van der Waals surface area (Å²) in [5.41, 5.74) is -0.0975. The van der Waals surface area contributed by atoms with E-state index in [1.54, 1.807) is 0 Å². The Labute approximate surface area is 91.9 Å². The summed E-state index contributed by atoms with van der Waals surface area (Å²) < 4.78 is 12.7. The van der Waals surface area contributed by atoms with Crippen LogP contribution in [0.4, 0.5) is 10.2 Å². The number of carboxylic acids is 1. The van der Waals surface area contributed by atoms with Crippen LogP contribution >= 0.6 is 0 Å². The second-order valence-corrected chi connectivity index (χ2v) is 3.71. The van der Waals surface area contributed by atoms with Crippen LogP contribution in [-0.4, -0.2) is 40.3 Å². The molecular weight excluding hydrogens is 213 g/mol. The fraction of sp³-hybridized carbons (Fsp3) is 0.500. The normalized spacial score (nSPS) is 20.1. The number of carboxylic acid groups (broad SMARTS) is 1. The standard InChI is InChI=1S/C10H12FN3O2/c11-4-7-2-1-3-14(7)9-6-12-8(5-13-9)10(15)16/h5-7H,1-4H2,(H,15,16). The molecule has 16 heavy (non-hydrogen) atoms. The van der Waals surface area contributed by atoms with Crippen LogP contribution in [0.15, 0.2) is 12.4 Å². The maximum Gasteiger partial charge on any atom is 0.356 e. The Morgan fingerprint density at radius 3 is 2.94 bits per heavy atom. The third kappa shape index (κ3) is 1.95. The van der Waals surface area contributed by atoms with Crippen molar-refractivity contribution < 1.29 is 14.3 Å². The van der Waals surface area contributed by atoms with Crippen molar-refractivity contribution in [2.45, 2.75) is 18.9 Å². The predicted molar refractivity (Wildman–Crippen MR) is 55.3 cm³/mol. The van der Waals surface area contributed by atoms with E-state index in [4.69, 9.17) is 5.11 Å². The van der Waals surface area contributed by atoms with Gasteiger partial charge in [0.05, 0.1) is 18.4 Å². The number of hydrogen-bond donors (Lipinski definition) is 1. The van der Waals surface area contributed by atoms with Crippen molar-refractivity contribution in [2.75, 3.05) is 18.1 Å². The Hall–Kier alpha value is -1.72. The maximum atomic E-state index is 12.7. The topological polar surface area (TPSA) is 66.3 Å². The summed E-state index contributed by atoms with van der Waals surface area (Å²) in [7, 11) is 0. The zero-order chi connectivity index (χ0) is 11.5. The number of aromatic carboxylic acids is 1. The molecule has 5 nitrogen and oxygen atoms in total. The molecule has 0 radical (unpaired) electrons. The summed E-state index contributed by atoms with van der Waals surface area (Å²) in [5.74, 6) is -0.562. The van der Waals surface area contributed by atoms with Crippen molar-refractivity contribution in [1.82, 2.24) is 9.97 Å². The highest BCUT2D eigenvalue weighted by atomic mass is 19.1. The van der Waals surface area contributed by atoms with Crippen LogP contribution in [-0.2, 0) is 0 Å². The fourth-order valence-electron chi connectivity index (χ4n) is 1.88. The molecule has 1 N–H and O–H groups in total. The molecule has 0 amide bonds. The van der Waals surface area contributed by atoms with Gasteiger partial charge in [-0.1, -0.05) is 0 Å². The second-order valence-electron chi connectivity index (χ2n) is 3.71. The van der Waals surface area contributed by atoms with E-state index in [0.29, 0.717) is 5.82 Å². The number of rotatable bonds is 3. The number of alkyl halides is 1. The molecule has 1 aliphatic heterocycles. The highest BCUT2D eigenvalue weighted by Gasteiger charge is 2.25. The van der Waals surface area contributed by atoms with E-state index in [1.165, 1.54) is 12.4 Å². The van der Waals surface area contributed by atoms with Gasteiger partial charge in [0.15, 0.2) is 5.69 Å². The lowest BCUT2D eigenvalue weighted by Gasteiger charge is -2.22. The molecule has 0 saturated carbocycles. The fourth-order valence-corrected chi connectivity index (χ4v) is 1.88. The van der Waals surface area contributed by atoms with Crippen LogP contribution in [0.3, 0.4) is 0 Å². The zero-order valence-electron chi connectivity index (χ0n) is 8.64. The molecule has 86 valence electrons. The number of nitrogens with zero attached hydrogens (tertiary/aromatic N) is 3. The van der Waals surface area contributed by atoms with Crippen molar-refractivity contribution >= 4 is 11.8 Å². The Balaban J connectivity index is 2.18. The van der Waals surface area contributed by atoms with Crippen molar-refractivity contribution in [3.8, 4) is 0 Å². The highest BCUT2D eigenvalue weighted by molar-refractivity contribution is 5.84. The first-order valence-electron chi connectivity index (χ1n) is 5.10. The molecule has 0 spiro atoms. The number of hydrogen-bond acceptors (Lipinski definition) is 4. The third-order valence-electron chi connectivity index (χ3n) is 2.71. The molecule has 0 aliphatic carbocycles. The first kappa shape index (κ1) is 10.8. The Bertz CT molecular complexity index is 382. The molecule has 1 aliphatic rings. The molecule has 1 aromatic heterocycles.